The molecule has 172 valence electrons. The van der Waals surface area contributed by atoms with Crippen molar-refractivity contribution in [1.82, 2.24) is 9.21 Å². The quantitative estimate of drug-likeness (QED) is 0.492. The number of carbonyl (C=O) groups excluding carboxylic acids is 2. The van der Waals surface area contributed by atoms with E-state index >= 15 is 0 Å². The van der Waals surface area contributed by atoms with Gasteiger partial charge in [0.1, 0.15) is 9.88 Å². The molecule has 1 aromatic carbocycles. The van der Waals surface area contributed by atoms with Crippen molar-refractivity contribution < 1.29 is 27.5 Å². The first kappa shape index (κ1) is 24.1. The van der Waals surface area contributed by atoms with Gasteiger partial charge in [-0.15, -0.1) is 11.3 Å². The lowest BCUT2D eigenvalue weighted by Crippen LogP contribution is -2.51. The highest BCUT2D eigenvalue weighted by Crippen LogP contribution is 2.34. The average Bonchev–Trinajstić information content (AvgIpc) is 3.14. The molecule has 1 aromatic heterocycles. The van der Waals surface area contributed by atoms with E-state index in [1.54, 1.807) is 37.3 Å². The monoisotopic (exact) mass is 497 g/mol. The second kappa shape index (κ2) is 9.94. The number of hydrogen-bond acceptors (Lipinski definition) is 8. The van der Waals surface area contributed by atoms with Crippen LogP contribution in [-0.2, 0) is 19.5 Å². The number of ether oxygens (including phenoxy) is 2. The molecule has 1 aliphatic heterocycles. The number of sulfonamides is 1. The van der Waals surface area contributed by atoms with Gasteiger partial charge in [-0.2, -0.15) is 4.31 Å². The lowest BCUT2D eigenvalue weighted by molar-refractivity contribution is 0.0601. The smallest absolute Gasteiger partial charge is 0.348 e. The third kappa shape index (κ3) is 4.77. The Kier molecular flexibility index (Phi) is 7.49. The van der Waals surface area contributed by atoms with Gasteiger partial charge in [0, 0.05) is 26.2 Å². The Bertz CT molecular complexity index is 1120. The highest BCUT2D eigenvalue weighted by Gasteiger charge is 2.31. The number of nitrogens with one attached hydrogen (secondary N) is 1. The summed E-state index contributed by atoms with van der Waals surface area (Å²) in [7, 11) is -1.05. The van der Waals surface area contributed by atoms with E-state index in [-0.39, 0.29) is 28.4 Å². The number of nitrogens with zero attached hydrogens (tertiary/aromatic N) is 2. The van der Waals surface area contributed by atoms with E-state index in [4.69, 9.17) is 21.7 Å². The van der Waals surface area contributed by atoms with E-state index in [0.29, 0.717) is 28.8 Å². The Morgan fingerprint density at radius 1 is 1.03 bits per heavy atom. The molecule has 3 rings (SSSR count). The minimum Gasteiger partial charge on any atom is -0.465 e. The zero-order valence-corrected chi connectivity index (χ0v) is 20.2. The van der Waals surface area contributed by atoms with Gasteiger partial charge < -0.3 is 19.7 Å². The Morgan fingerprint density at radius 2 is 1.62 bits per heavy atom. The van der Waals surface area contributed by atoms with Crippen molar-refractivity contribution in [2.75, 3.05) is 45.7 Å². The minimum absolute atomic E-state index is 0.213. The third-order valence-corrected chi connectivity index (χ3v) is 8.49. The van der Waals surface area contributed by atoms with Crippen molar-refractivity contribution in [2.45, 2.75) is 11.8 Å². The van der Waals surface area contributed by atoms with Crippen LogP contribution in [0.3, 0.4) is 0 Å². The summed E-state index contributed by atoms with van der Waals surface area (Å²) >= 11 is 6.55. The molecule has 0 radical (unpaired) electrons. The summed E-state index contributed by atoms with van der Waals surface area (Å²) in [5.74, 6) is -1.16. The van der Waals surface area contributed by atoms with E-state index in [1.165, 1.54) is 18.5 Å². The second-order valence-corrected chi connectivity index (χ2v) is 10.2. The molecule has 12 heteroatoms. The van der Waals surface area contributed by atoms with E-state index in [2.05, 4.69) is 5.32 Å². The van der Waals surface area contributed by atoms with E-state index in [1.807, 2.05) is 4.90 Å². The number of anilines is 1. The van der Waals surface area contributed by atoms with Crippen LogP contribution < -0.4 is 5.32 Å². The summed E-state index contributed by atoms with van der Waals surface area (Å²) in [6.07, 6.45) is 0. The Balaban J connectivity index is 1.73. The molecule has 1 N–H and O–H groups in total. The lowest BCUT2D eigenvalue weighted by Gasteiger charge is -2.35. The van der Waals surface area contributed by atoms with Gasteiger partial charge in [-0.3, -0.25) is 0 Å². The van der Waals surface area contributed by atoms with Gasteiger partial charge >= 0.3 is 11.9 Å². The van der Waals surface area contributed by atoms with Crippen molar-refractivity contribution >= 4 is 55.6 Å². The molecule has 0 atom stereocenters. The van der Waals surface area contributed by atoms with Gasteiger partial charge in [0.25, 0.3) is 0 Å². The molecule has 2 heterocycles. The number of rotatable bonds is 5. The van der Waals surface area contributed by atoms with Gasteiger partial charge in [-0.1, -0.05) is 18.2 Å². The highest BCUT2D eigenvalue weighted by molar-refractivity contribution is 7.89. The number of esters is 2. The molecular formula is C20H23N3O6S3. The predicted molar refractivity (Wildman–Crippen MR) is 125 cm³/mol. The van der Waals surface area contributed by atoms with Crippen molar-refractivity contribution in [3.63, 3.8) is 0 Å². The molecule has 1 saturated heterocycles. The fourth-order valence-electron chi connectivity index (χ4n) is 3.29. The fourth-order valence-corrected chi connectivity index (χ4v) is 6.19. The number of thiophene rings is 1. The predicted octanol–water partition coefficient (Wildman–Crippen LogP) is 2.33. The number of benzene rings is 1. The van der Waals surface area contributed by atoms with Crippen LogP contribution in [0.4, 0.5) is 5.00 Å². The van der Waals surface area contributed by atoms with Crippen LogP contribution in [0.25, 0.3) is 0 Å². The Labute approximate surface area is 196 Å². The first-order chi connectivity index (χ1) is 15.2. The number of piperazine rings is 1. The Morgan fingerprint density at radius 3 is 2.19 bits per heavy atom. The SMILES string of the molecule is COC(=O)c1sc(NC(=S)N2CCN(S(=O)(=O)c3ccccc3)CC2)c(C(=O)OC)c1C. The molecule has 9 nitrogen and oxygen atoms in total. The van der Waals surface area contributed by atoms with Gasteiger partial charge in [0.05, 0.1) is 24.7 Å². The summed E-state index contributed by atoms with van der Waals surface area (Å²) in [4.78, 5) is 26.7. The molecular weight excluding hydrogens is 474 g/mol. The van der Waals surface area contributed by atoms with Crippen molar-refractivity contribution in [2.24, 2.45) is 0 Å². The maximum absolute atomic E-state index is 12.8. The number of thiocarbonyl (C=S) groups is 1. The second-order valence-electron chi connectivity index (χ2n) is 6.88. The fraction of sp³-hybridized carbons (Fsp3) is 0.350. The van der Waals surface area contributed by atoms with Gasteiger partial charge in [-0.05, 0) is 36.8 Å². The molecule has 1 aliphatic rings. The van der Waals surface area contributed by atoms with Crippen molar-refractivity contribution in [3.8, 4) is 0 Å². The summed E-state index contributed by atoms with van der Waals surface area (Å²) in [6, 6.07) is 8.28. The first-order valence-corrected chi connectivity index (χ1v) is 12.3. The van der Waals surface area contributed by atoms with Crippen LogP contribution in [0.2, 0.25) is 0 Å². The van der Waals surface area contributed by atoms with E-state index < -0.39 is 22.0 Å². The van der Waals surface area contributed by atoms with Gasteiger partial charge in [-0.25, -0.2) is 18.0 Å². The zero-order chi connectivity index (χ0) is 23.5. The maximum Gasteiger partial charge on any atom is 0.348 e. The molecule has 0 saturated carbocycles. The maximum atomic E-state index is 12.8. The molecule has 1 fully saturated rings. The lowest BCUT2D eigenvalue weighted by atomic mass is 10.1. The number of methoxy groups -OCH3 is 2. The molecule has 0 amide bonds. The summed E-state index contributed by atoms with van der Waals surface area (Å²) in [6.45, 7) is 2.91. The molecule has 32 heavy (non-hydrogen) atoms. The van der Waals surface area contributed by atoms with Crippen LogP contribution in [0.5, 0.6) is 0 Å². The first-order valence-electron chi connectivity index (χ1n) is 9.61. The molecule has 0 bridgehead atoms. The number of carbonyl (C=O) groups is 2. The number of hydrogen-bond donors (Lipinski definition) is 1. The average molecular weight is 498 g/mol. The molecule has 2 aromatic rings. The summed E-state index contributed by atoms with van der Waals surface area (Å²) in [5.41, 5.74) is 0.656. The van der Waals surface area contributed by atoms with E-state index in [9.17, 15) is 18.0 Å². The summed E-state index contributed by atoms with van der Waals surface area (Å²) < 4.78 is 36.7. The van der Waals surface area contributed by atoms with Crippen LogP contribution in [0.1, 0.15) is 25.6 Å². The van der Waals surface area contributed by atoms with Crippen molar-refractivity contribution in [1.29, 1.82) is 0 Å². The highest BCUT2D eigenvalue weighted by atomic mass is 32.2. The van der Waals surface area contributed by atoms with Gasteiger partial charge in [0.2, 0.25) is 10.0 Å². The normalized spacial score (nSPS) is 14.7. The van der Waals surface area contributed by atoms with Crippen molar-refractivity contribution in [3.05, 3.63) is 46.3 Å². The molecule has 0 aliphatic carbocycles. The standard InChI is InChI=1S/C20H23N3O6S3/c1-13-15(18(24)28-2)17(31-16(13)19(25)29-3)21-20(30)22-9-11-23(12-10-22)32(26,27)14-7-5-4-6-8-14/h4-8H,9-12H2,1-3H3,(H,21,30). The minimum atomic E-state index is -3.57. The molecule has 0 spiro atoms. The Hall–Kier alpha value is -2.54. The van der Waals surface area contributed by atoms with Crippen LogP contribution in [-0.4, -0.2) is 75.1 Å². The van der Waals surface area contributed by atoms with Gasteiger partial charge in [0.15, 0.2) is 5.11 Å². The summed E-state index contributed by atoms with van der Waals surface area (Å²) in [5, 5.41) is 3.72. The van der Waals surface area contributed by atoms with Crippen LogP contribution in [0.15, 0.2) is 35.2 Å². The van der Waals surface area contributed by atoms with E-state index in [0.717, 1.165) is 11.3 Å². The van der Waals surface area contributed by atoms with Crippen LogP contribution in [0, 0.1) is 6.92 Å². The van der Waals surface area contributed by atoms with Crippen LogP contribution >= 0.6 is 23.6 Å². The molecule has 0 unspecified atom stereocenters. The third-order valence-electron chi connectivity index (χ3n) is 5.03. The largest absolute Gasteiger partial charge is 0.465 e. The topological polar surface area (TPSA) is 105 Å². The zero-order valence-electron chi connectivity index (χ0n) is 17.8.